The summed E-state index contributed by atoms with van der Waals surface area (Å²) in [6.45, 7) is 5.07. The summed E-state index contributed by atoms with van der Waals surface area (Å²) in [5.74, 6) is 0.830. The molecule has 4 heteroatoms. The van der Waals surface area contributed by atoms with Crippen LogP contribution in [0.5, 0.6) is 5.75 Å². The molecule has 0 aliphatic heterocycles. The molecule has 0 bridgehead atoms. The summed E-state index contributed by atoms with van der Waals surface area (Å²) in [6, 6.07) is 8.10. The van der Waals surface area contributed by atoms with E-state index in [0.29, 0.717) is 19.6 Å². The predicted molar refractivity (Wildman–Crippen MR) is 72.8 cm³/mol. The van der Waals surface area contributed by atoms with E-state index in [0.717, 1.165) is 11.3 Å². The Balaban J connectivity index is 2.19. The number of nitrogens with one attached hydrogen (secondary N) is 2. The number of amides is 1. The van der Waals surface area contributed by atoms with Gasteiger partial charge < -0.3 is 15.4 Å². The van der Waals surface area contributed by atoms with Gasteiger partial charge in [0.15, 0.2) is 0 Å². The largest absolute Gasteiger partial charge is 0.493 e. The van der Waals surface area contributed by atoms with E-state index < -0.39 is 0 Å². The highest BCUT2D eigenvalue weighted by atomic mass is 16.5. The third-order valence-corrected chi connectivity index (χ3v) is 2.69. The van der Waals surface area contributed by atoms with Crippen LogP contribution in [-0.2, 0) is 4.79 Å². The minimum Gasteiger partial charge on any atom is -0.493 e. The van der Waals surface area contributed by atoms with Crippen LogP contribution in [0.25, 0.3) is 0 Å². The fourth-order valence-electron chi connectivity index (χ4n) is 1.42. The number of rotatable bonds is 7. The third kappa shape index (κ3) is 5.68. The van der Waals surface area contributed by atoms with Gasteiger partial charge in [-0.2, -0.15) is 0 Å². The van der Waals surface area contributed by atoms with E-state index in [4.69, 9.17) is 4.74 Å². The minimum atomic E-state index is 0.0183. The second kappa shape index (κ2) is 7.71. The molecule has 0 fully saturated rings. The second-order valence-corrected chi connectivity index (χ2v) is 4.41. The lowest BCUT2D eigenvalue weighted by atomic mass is 10.2. The maximum Gasteiger partial charge on any atom is 0.223 e. The first-order chi connectivity index (χ1) is 8.61. The molecule has 4 nitrogen and oxygen atoms in total. The van der Waals surface area contributed by atoms with E-state index in [-0.39, 0.29) is 11.9 Å². The predicted octanol–water partition coefficient (Wildman–Crippen LogP) is 1.49. The van der Waals surface area contributed by atoms with Crippen LogP contribution in [0.3, 0.4) is 0 Å². The van der Waals surface area contributed by atoms with E-state index in [1.165, 1.54) is 0 Å². The van der Waals surface area contributed by atoms with E-state index in [9.17, 15) is 4.79 Å². The molecule has 0 aromatic heterocycles. The highest BCUT2D eigenvalue weighted by Gasteiger charge is 2.04. The van der Waals surface area contributed by atoms with Crippen LogP contribution in [0, 0.1) is 6.92 Å². The molecule has 0 aliphatic rings. The van der Waals surface area contributed by atoms with Gasteiger partial charge >= 0.3 is 0 Å². The zero-order valence-electron chi connectivity index (χ0n) is 11.3. The Bertz CT molecular complexity index is 380. The molecular formula is C14H22N2O2. The highest BCUT2D eigenvalue weighted by molar-refractivity contribution is 5.76. The molecule has 1 unspecified atom stereocenters. The molecular weight excluding hydrogens is 228 g/mol. The van der Waals surface area contributed by atoms with Crippen LogP contribution in [0.2, 0.25) is 0 Å². The number of carbonyl (C=O) groups excluding carboxylic acids is 1. The van der Waals surface area contributed by atoms with Crippen molar-refractivity contribution < 1.29 is 9.53 Å². The molecule has 18 heavy (non-hydrogen) atoms. The van der Waals surface area contributed by atoms with Gasteiger partial charge in [-0.1, -0.05) is 12.1 Å². The molecule has 1 rings (SSSR count). The monoisotopic (exact) mass is 250 g/mol. The van der Waals surface area contributed by atoms with Gasteiger partial charge in [0.25, 0.3) is 0 Å². The molecule has 1 aromatic carbocycles. The average Bonchev–Trinajstić information content (AvgIpc) is 2.36. The fraction of sp³-hybridized carbons (Fsp3) is 0.500. The van der Waals surface area contributed by atoms with Crippen molar-refractivity contribution in [1.82, 2.24) is 10.6 Å². The van der Waals surface area contributed by atoms with E-state index in [1.54, 1.807) is 0 Å². The van der Waals surface area contributed by atoms with Crippen LogP contribution >= 0.6 is 0 Å². The molecule has 0 radical (unpaired) electrons. The average molecular weight is 250 g/mol. The van der Waals surface area contributed by atoms with Crippen molar-refractivity contribution in [2.24, 2.45) is 0 Å². The van der Waals surface area contributed by atoms with Crippen molar-refractivity contribution in [3.63, 3.8) is 0 Å². The van der Waals surface area contributed by atoms with Crippen LogP contribution in [-0.4, -0.2) is 32.1 Å². The number of hydrogen-bond donors (Lipinski definition) is 2. The summed E-state index contributed by atoms with van der Waals surface area (Å²) < 4.78 is 5.51. The molecule has 1 aromatic rings. The highest BCUT2D eigenvalue weighted by Crippen LogP contribution is 2.12. The van der Waals surface area contributed by atoms with Crippen LogP contribution in [0.15, 0.2) is 24.3 Å². The standard InChI is InChI=1S/C14H22N2O2/c1-11-5-4-6-13(9-11)18-8-7-14(17)16-10-12(2)15-3/h4-6,9,12,15H,7-8,10H2,1-3H3,(H,16,17). The first-order valence-electron chi connectivity index (χ1n) is 6.25. The topological polar surface area (TPSA) is 50.4 Å². The van der Waals surface area contributed by atoms with Gasteiger partial charge in [0.05, 0.1) is 13.0 Å². The number of carbonyl (C=O) groups is 1. The summed E-state index contributed by atoms with van der Waals surface area (Å²) in [6.07, 6.45) is 0.379. The van der Waals surface area contributed by atoms with E-state index >= 15 is 0 Å². The Morgan fingerprint density at radius 1 is 1.44 bits per heavy atom. The van der Waals surface area contributed by atoms with Crippen molar-refractivity contribution >= 4 is 5.91 Å². The molecule has 1 amide bonds. The zero-order chi connectivity index (χ0) is 13.4. The second-order valence-electron chi connectivity index (χ2n) is 4.41. The molecule has 0 saturated heterocycles. The molecule has 0 saturated carbocycles. The lowest BCUT2D eigenvalue weighted by Gasteiger charge is -2.11. The summed E-state index contributed by atoms with van der Waals surface area (Å²) in [7, 11) is 1.87. The van der Waals surface area contributed by atoms with Gasteiger partial charge in [0, 0.05) is 12.6 Å². The number of benzene rings is 1. The molecule has 0 aliphatic carbocycles. The van der Waals surface area contributed by atoms with Gasteiger partial charge in [-0.15, -0.1) is 0 Å². The SMILES string of the molecule is CNC(C)CNC(=O)CCOc1cccc(C)c1. The third-order valence-electron chi connectivity index (χ3n) is 2.69. The Hall–Kier alpha value is -1.55. The molecule has 0 spiro atoms. The first-order valence-corrected chi connectivity index (χ1v) is 6.25. The number of hydrogen-bond acceptors (Lipinski definition) is 3. The van der Waals surface area contributed by atoms with Crippen molar-refractivity contribution in [2.75, 3.05) is 20.2 Å². The summed E-state index contributed by atoms with van der Waals surface area (Å²) >= 11 is 0. The summed E-state index contributed by atoms with van der Waals surface area (Å²) in [5, 5.41) is 5.91. The van der Waals surface area contributed by atoms with Crippen LogP contribution in [0.4, 0.5) is 0 Å². The van der Waals surface area contributed by atoms with Crippen molar-refractivity contribution in [3.05, 3.63) is 29.8 Å². The Morgan fingerprint density at radius 3 is 2.89 bits per heavy atom. The van der Waals surface area contributed by atoms with Gasteiger partial charge in [-0.05, 0) is 38.6 Å². The molecule has 0 heterocycles. The molecule has 2 N–H and O–H groups in total. The van der Waals surface area contributed by atoms with Gasteiger partial charge in [-0.25, -0.2) is 0 Å². The Morgan fingerprint density at radius 2 is 2.22 bits per heavy atom. The smallest absolute Gasteiger partial charge is 0.223 e. The number of likely N-dealkylation sites (N-methyl/N-ethyl adjacent to an activating group) is 1. The van der Waals surface area contributed by atoms with Crippen LogP contribution in [0.1, 0.15) is 18.9 Å². The maximum atomic E-state index is 11.5. The zero-order valence-corrected chi connectivity index (χ0v) is 11.3. The minimum absolute atomic E-state index is 0.0183. The van der Waals surface area contributed by atoms with E-state index in [2.05, 4.69) is 10.6 Å². The van der Waals surface area contributed by atoms with Gasteiger partial charge in [-0.3, -0.25) is 4.79 Å². The number of ether oxygens (including phenoxy) is 1. The van der Waals surface area contributed by atoms with E-state index in [1.807, 2.05) is 45.2 Å². The fourth-order valence-corrected chi connectivity index (χ4v) is 1.42. The van der Waals surface area contributed by atoms with Gasteiger partial charge in [0.1, 0.15) is 5.75 Å². The lowest BCUT2D eigenvalue weighted by molar-refractivity contribution is -0.121. The van der Waals surface area contributed by atoms with Gasteiger partial charge in [0.2, 0.25) is 5.91 Å². The Labute approximate surface area is 109 Å². The summed E-state index contributed by atoms with van der Waals surface area (Å²) in [4.78, 5) is 11.5. The lowest BCUT2D eigenvalue weighted by Crippen LogP contribution is -2.37. The van der Waals surface area contributed by atoms with Crippen molar-refractivity contribution in [3.8, 4) is 5.75 Å². The van der Waals surface area contributed by atoms with Crippen molar-refractivity contribution in [1.29, 1.82) is 0 Å². The normalized spacial score (nSPS) is 11.9. The molecule has 1 atom stereocenters. The number of aryl methyl sites for hydroxylation is 1. The maximum absolute atomic E-state index is 11.5. The van der Waals surface area contributed by atoms with Crippen LogP contribution < -0.4 is 15.4 Å². The summed E-state index contributed by atoms with van der Waals surface area (Å²) in [5.41, 5.74) is 1.15. The Kier molecular flexibility index (Phi) is 6.22. The van der Waals surface area contributed by atoms with Crippen molar-refractivity contribution in [2.45, 2.75) is 26.3 Å². The first kappa shape index (κ1) is 14.5. The quantitative estimate of drug-likeness (QED) is 0.771. The molecule has 100 valence electrons.